The number of rotatable bonds is 3. The Kier molecular flexibility index (Phi) is 3.80. The zero-order valence-corrected chi connectivity index (χ0v) is 14.3. The second kappa shape index (κ2) is 5.53. The molecule has 1 fully saturated rings. The van der Waals surface area contributed by atoms with Crippen LogP contribution in [0.15, 0.2) is 41.1 Å². The first kappa shape index (κ1) is 15.8. The molecule has 0 radical (unpaired) electrons. The molecule has 1 aromatic carbocycles. The van der Waals surface area contributed by atoms with Gasteiger partial charge < -0.3 is 4.52 Å². The minimum Gasteiger partial charge on any atom is -0.380 e. The molecule has 2 heterocycles. The predicted octanol–water partition coefficient (Wildman–Crippen LogP) is 1.01. The highest BCUT2D eigenvalue weighted by Crippen LogP contribution is 2.28. The van der Waals surface area contributed by atoms with E-state index in [1.165, 1.54) is 5.56 Å². The van der Waals surface area contributed by atoms with Gasteiger partial charge in [-0.3, -0.25) is 15.3 Å². The van der Waals surface area contributed by atoms with Crippen LogP contribution < -0.4 is 20.6 Å². The molecule has 2 aromatic rings. The topological polar surface area (TPSA) is 61.5 Å². The summed E-state index contributed by atoms with van der Waals surface area (Å²) < 4.78 is 4.95. The van der Waals surface area contributed by atoms with Gasteiger partial charge in [0.2, 0.25) is 0 Å². The minimum absolute atomic E-state index is 0.0725. The summed E-state index contributed by atoms with van der Waals surface area (Å²) in [5, 5.41) is 13.8. The van der Waals surface area contributed by atoms with Crippen molar-refractivity contribution in [2.45, 2.75) is 45.3 Å². The van der Waals surface area contributed by atoms with E-state index in [1.807, 2.05) is 0 Å². The van der Waals surface area contributed by atoms with Gasteiger partial charge in [-0.1, -0.05) is 62.8 Å². The summed E-state index contributed by atoms with van der Waals surface area (Å²) in [6.45, 7) is 11.6. The van der Waals surface area contributed by atoms with Crippen molar-refractivity contribution in [2.24, 2.45) is 0 Å². The largest absolute Gasteiger partial charge is 0.380 e. The molecule has 1 aromatic heterocycles. The van der Waals surface area contributed by atoms with Crippen LogP contribution in [0.4, 0.5) is 0 Å². The summed E-state index contributed by atoms with van der Waals surface area (Å²) in [5.41, 5.74) is 1.13. The Morgan fingerprint density at radius 1 is 1.13 bits per heavy atom. The number of nitrogens with zero attached hydrogens (tertiary/aromatic N) is 4. The van der Waals surface area contributed by atoms with Crippen molar-refractivity contribution in [2.75, 3.05) is 18.1 Å². The summed E-state index contributed by atoms with van der Waals surface area (Å²) in [6.07, 6.45) is 1.62. The molecule has 0 spiro atoms. The van der Waals surface area contributed by atoms with Crippen molar-refractivity contribution in [1.82, 2.24) is 10.2 Å². The maximum atomic E-state index is 7.59. The summed E-state index contributed by atoms with van der Waals surface area (Å²) in [5.74, 6) is 0. The molecule has 0 unspecified atom stereocenters. The van der Waals surface area contributed by atoms with E-state index < -0.39 is 0 Å². The van der Waals surface area contributed by atoms with Gasteiger partial charge in [-0.15, -0.1) is 0 Å². The summed E-state index contributed by atoms with van der Waals surface area (Å²) >= 11 is 0. The first-order chi connectivity index (χ1) is 10.8. The molecule has 23 heavy (non-hydrogen) atoms. The fourth-order valence-corrected chi connectivity index (χ4v) is 3.94. The Balaban J connectivity index is 1.86. The van der Waals surface area contributed by atoms with Crippen LogP contribution >= 0.6 is 0 Å². The van der Waals surface area contributed by atoms with E-state index in [-0.39, 0.29) is 16.6 Å². The fourth-order valence-electron chi connectivity index (χ4n) is 3.94. The maximum Gasteiger partial charge on any atom is 0.286 e. The van der Waals surface area contributed by atoms with Crippen LogP contribution in [-0.2, 0) is 6.54 Å². The van der Waals surface area contributed by atoms with Crippen LogP contribution in [0.5, 0.6) is 0 Å². The molecule has 1 aliphatic heterocycles. The van der Waals surface area contributed by atoms with Gasteiger partial charge in [0.15, 0.2) is 0 Å². The smallest absolute Gasteiger partial charge is 0.286 e. The lowest BCUT2D eigenvalue weighted by atomic mass is 9.89. The molecule has 1 aliphatic rings. The van der Waals surface area contributed by atoms with Crippen molar-refractivity contribution >= 4 is 0 Å². The number of hydrogen-bond acceptors (Lipinski definition) is 4. The Morgan fingerprint density at radius 3 is 2.26 bits per heavy atom. The van der Waals surface area contributed by atoms with E-state index in [9.17, 15) is 0 Å². The molecular weight excluding hydrogens is 290 g/mol. The molecular formula is C17H25N5O. The number of benzene rings is 1. The SMILES string of the molecule is CC1(C)CN(Cc2ccccc2)CC(C)(C)N1[n+]1cc(=N)o[n-]1. The molecule has 3 rings (SSSR count). The van der Waals surface area contributed by atoms with Crippen molar-refractivity contribution < 1.29 is 9.31 Å². The van der Waals surface area contributed by atoms with Crippen molar-refractivity contribution in [1.29, 1.82) is 5.41 Å². The molecule has 0 amide bonds. The molecule has 124 valence electrons. The molecule has 1 saturated heterocycles. The van der Waals surface area contributed by atoms with Crippen LogP contribution in [-0.4, -0.2) is 29.1 Å². The quantitative estimate of drug-likeness (QED) is 0.859. The van der Waals surface area contributed by atoms with Crippen LogP contribution in [0, 0.1) is 5.41 Å². The Labute approximate surface area is 136 Å². The van der Waals surface area contributed by atoms with Gasteiger partial charge in [0, 0.05) is 30.7 Å². The van der Waals surface area contributed by atoms with E-state index in [0.717, 1.165) is 19.6 Å². The zero-order valence-electron chi connectivity index (χ0n) is 14.3. The summed E-state index contributed by atoms with van der Waals surface area (Å²) in [7, 11) is 0. The average Bonchev–Trinajstić information content (AvgIpc) is 2.82. The predicted molar refractivity (Wildman–Crippen MR) is 86.2 cm³/mol. The normalized spacial score (nSPS) is 20.6. The van der Waals surface area contributed by atoms with Crippen molar-refractivity contribution in [3.8, 4) is 0 Å². The van der Waals surface area contributed by atoms with Gasteiger partial charge in [-0.05, 0) is 10.8 Å². The second-order valence-electron chi connectivity index (χ2n) is 7.55. The van der Waals surface area contributed by atoms with Gasteiger partial charge in [-0.2, -0.15) is 0 Å². The number of hydrogen-bond donors (Lipinski definition) is 1. The highest BCUT2D eigenvalue weighted by molar-refractivity contribution is 5.17. The van der Waals surface area contributed by atoms with Crippen LogP contribution in [0.2, 0.25) is 0 Å². The molecule has 0 bridgehead atoms. The highest BCUT2D eigenvalue weighted by atomic mass is 16.5. The highest BCUT2D eigenvalue weighted by Gasteiger charge is 2.44. The standard InChI is InChI=1S/C17H25N5O/c1-16(2)12-20(10-14-8-6-5-7-9-14)13-17(3,4)22(16)21-11-15(18)23-19-21/h5-9,11,18H,10,12-13H2,1-4H3. The molecule has 6 nitrogen and oxygen atoms in total. The van der Waals surface area contributed by atoms with Gasteiger partial charge in [-0.25, -0.2) is 0 Å². The Hall–Kier alpha value is -2.08. The number of piperazine rings is 1. The third-order valence-corrected chi connectivity index (χ3v) is 4.28. The van der Waals surface area contributed by atoms with E-state index >= 15 is 0 Å². The maximum absolute atomic E-state index is 7.59. The molecule has 0 aliphatic carbocycles. The molecule has 0 atom stereocenters. The van der Waals surface area contributed by atoms with Gasteiger partial charge in [0.05, 0.1) is 0 Å². The second-order valence-corrected chi connectivity index (χ2v) is 7.55. The minimum atomic E-state index is -0.134. The molecule has 1 N–H and O–H groups in total. The fraction of sp³-hybridized carbons (Fsp3) is 0.529. The van der Waals surface area contributed by atoms with Crippen LogP contribution in [0.3, 0.4) is 0 Å². The van der Waals surface area contributed by atoms with E-state index in [4.69, 9.17) is 9.93 Å². The monoisotopic (exact) mass is 315 g/mol. The lowest BCUT2D eigenvalue weighted by Gasteiger charge is -2.56. The van der Waals surface area contributed by atoms with Crippen LogP contribution in [0.1, 0.15) is 33.3 Å². The Bertz CT molecular complexity index is 698. The third kappa shape index (κ3) is 3.17. The number of aromatic nitrogens is 2. The lowest BCUT2D eigenvalue weighted by Crippen LogP contribution is -2.82. The summed E-state index contributed by atoms with van der Waals surface area (Å²) in [6, 6.07) is 10.6. The first-order valence-corrected chi connectivity index (χ1v) is 7.95. The number of nitrogens with one attached hydrogen (secondary N) is 1. The van der Waals surface area contributed by atoms with Gasteiger partial charge in [0.25, 0.3) is 11.8 Å². The Morgan fingerprint density at radius 2 is 1.74 bits per heavy atom. The van der Waals surface area contributed by atoms with Crippen molar-refractivity contribution in [3.63, 3.8) is 0 Å². The van der Waals surface area contributed by atoms with E-state index in [2.05, 4.69) is 73.2 Å². The third-order valence-electron chi connectivity index (χ3n) is 4.28. The van der Waals surface area contributed by atoms with Crippen molar-refractivity contribution in [3.05, 3.63) is 47.6 Å². The lowest BCUT2D eigenvalue weighted by molar-refractivity contribution is -0.779. The van der Waals surface area contributed by atoms with E-state index in [0.29, 0.717) is 0 Å². The van der Waals surface area contributed by atoms with Gasteiger partial charge in [0.1, 0.15) is 0 Å². The summed E-state index contributed by atoms with van der Waals surface area (Å²) in [4.78, 5) is 4.16. The zero-order chi connectivity index (χ0) is 16.7. The van der Waals surface area contributed by atoms with Gasteiger partial charge >= 0.3 is 0 Å². The van der Waals surface area contributed by atoms with E-state index in [1.54, 1.807) is 11.0 Å². The average molecular weight is 315 g/mol. The molecule has 0 saturated carbocycles. The van der Waals surface area contributed by atoms with Crippen LogP contribution in [0.25, 0.3) is 0 Å². The molecule has 6 heteroatoms. The first-order valence-electron chi connectivity index (χ1n) is 7.95.